The van der Waals surface area contributed by atoms with E-state index in [-0.39, 0.29) is 17.8 Å². The fourth-order valence-electron chi connectivity index (χ4n) is 1.92. The van der Waals surface area contributed by atoms with Crippen LogP contribution in [0.15, 0.2) is 29.2 Å². The molecular formula is C16H21ClFN5S. The molecule has 2 aromatic rings. The van der Waals surface area contributed by atoms with Gasteiger partial charge in [-0.25, -0.2) is 4.39 Å². The van der Waals surface area contributed by atoms with Crippen LogP contribution in [0.2, 0.25) is 5.02 Å². The number of benzene rings is 1. The Morgan fingerprint density at radius 3 is 2.71 bits per heavy atom. The molecule has 1 unspecified atom stereocenters. The van der Waals surface area contributed by atoms with Crippen LogP contribution in [0.3, 0.4) is 0 Å². The molecule has 24 heavy (non-hydrogen) atoms. The molecule has 0 radical (unpaired) electrons. The minimum atomic E-state index is -1.68. The zero-order valence-corrected chi connectivity index (χ0v) is 15.5. The maximum Gasteiger partial charge on any atom is 0.228 e. The maximum atomic E-state index is 14.1. The van der Waals surface area contributed by atoms with Crippen molar-refractivity contribution in [2.75, 3.05) is 16.8 Å². The molecule has 0 aliphatic heterocycles. The van der Waals surface area contributed by atoms with Crippen molar-refractivity contribution < 1.29 is 4.39 Å². The third kappa shape index (κ3) is 5.49. The quantitative estimate of drug-likeness (QED) is 0.709. The molecule has 0 aliphatic rings. The monoisotopic (exact) mass is 369 g/mol. The molecule has 0 aliphatic carbocycles. The molecular weight excluding hydrogens is 349 g/mol. The zero-order chi connectivity index (χ0) is 17.7. The van der Waals surface area contributed by atoms with Crippen LogP contribution in [0.4, 0.5) is 16.3 Å². The lowest BCUT2D eigenvalue weighted by Gasteiger charge is -2.19. The number of halogens is 2. The lowest BCUT2D eigenvalue weighted by Crippen LogP contribution is -2.25. The molecule has 0 fully saturated rings. The Balaban J connectivity index is 2.06. The molecule has 0 saturated heterocycles. The summed E-state index contributed by atoms with van der Waals surface area (Å²) in [5.41, 5.74) is 3.99. The Morgan fingerprint density at radius 2 is 2.08 bits per heavy atom. The average molecular weight is 370 g/mol. The highest BCUT2D eigenvalue weighted by molar-refractivity contribution is 7.99. The van der Waals surface area contributed by atoms with Crippen molar-refractivity contribution in [3.8, 4) is 0 Å². The van der Waals surface area contributed by atoms with E-state index in [9.17, 15) is 4.39 Å². The summed E-state index contributed by atoms with van der Waals surface area (Å²) in [6.07, 6.45) is 0.855. The Kier molecular flexibility index (Phi) is 6.23. The SMILES string of the molecule is CCC(CSc1cccc(Cl)c1)Nc1nc(N)nc(C(C)(C)F)n1. The minimum absolute atomic E-state index is 0.00516. The number of nitrogens with one attached hydrogen (secondary N) is 1. The van der Waals surface area contributed by atoms with Crippen LogP contribution in [0.5, 0.6) is 0 Å². The summed E-state index contributed by atoms with van der Waals surface area (Å²) in [7, 11) is 0. The number of hydrogen-bond acceptors (Lipinski definition) is 6. The second-order valence-corrected chi connectivity index (χ2v) is 7.36. The van der Waals surface area contributed by atoms with Crippen molar-refractivity contribution in [1.29, 1.82) is 0 Å². The van der Waals surface area contributed by atoms with Gasteiger partial charge in [0.15, 0.2) is 11.5 Å². The Hall–Kier alpha value is -1.60. The highest BCUT2D eigenvalue weighted by atomic mass is 35.5. The summed E-state index contributed by atoms with van der Waals surface area (Å²) in [5.74, 6) is 1.11. The number of nitrogens with two attached hydrogens (primary N) is 1. The number of aromatic nitrogens is 3. The van der Waals surface area contributed by atoms with E-state index >= 15 is 0 Å². The highest BCUT2D eigenvalue weighted by Crippen LogP contribution is 2.25. The van der Waals surface area contributed by atoms with Gasteiger partial charge in [-0.05, 0) is 38.5 Å². The number of hydrogen-bond donors (Lipinski definition) is 2. The number of anilines is 2. The first-order chi connectivity index (χ1) is 11.3. The van der Waals surface area contributed by atoms with Gasteiger partial charge in [0.1, 0.15) is 0 Å². The summed E-state index contributed by atoms with van der Waals surface area (Å²) < 4.78 is 14.1. The lowest BCUT2D eigenvalue weighted by molar-refractivity contribution is 0.206. The van der Waals surface area contributed by atoms with Crippen LogP contribution < -0.4 is 11.1 Å². The molecule has 0 saturated carbocycles. The van der Waals surface area contributed by atoms with Gasteiger partial charge in [-0.1, -0.05) is 24.6 Å². The Morgan fingerprint density at radius 1 is 1.33 bits per heavy atom. The fourth-order valence-corrected chi connectivity index (χ4v) is 3.27. The summed E-state index contributed by atoms with van der Waals surface area (Å²) in [5, 5.41) is 3.91. The van der Waals surface area contributed by atoms with Crippen LogP contribution >= 0.6 is 23.4 Å². The summed E-state index contributed by atoms with van der Waals surface area (Å²) >= 11 is 7.67. The summed E-state index contributed by atoms with van der Waals surface area (Å²) in [4.78, 5) is 13.1. The van der Waals surface area contributed by atoms with Gasteiger partial charge in [0.05, 0.1) is 0 Å². The van der Waals surface area contributed by atoms with E-state index in [0.717, 1.165) is 17.1 Å². The number of nitrogens with zero attached hydrogens (tertiary/aromatic N) is 3. The van der Waals surface area contributed by atoms with Crippen LogP contribution in [0.1, 0.15) is 33.0 Å². The predicted octanol–water partition coefficient (Wildman–Crippen LogP) is 4.29. The molecule has 0 amide bonds. The molecule has 1 heterocycles. The van der Waals surface area contributed by atoms with Crippen molar-refractivity contribution in [1.82, 2.24) is 15.0 Å². The second kappa shape index (κ2) is 7.98. The predicted molar refractivity (Wildman–Crippen MR) is 98.3 cm³/mol. The topological polar surface area (TPSA) is 76.7 Å². The smallest absolute Gasteiger partial charge is 0.228 e. The van der Waals surface area contributed by atoms with E-state index in [1.54, 1.807) is 11.8 Å². The number of rotatable bonds is 7. The number of nitrogen functional groups attached to an aromatic ring is 1. The summed E-state index contributed by atoms with van der Waals surface area (Å²) in [6.45, 7) is 4.83. The zero-order valence-electron chi connectivity index (χ0n) is 13.9. The molecule has 5 nitrogen and oxygen atoms in total. The van der Waals surface area contributed by atoms with E-state index in [1.807, 2.05) is 24.3 Å². The van der Waals surface area contributed by atoms with Gasteiger partial charge in [0.2, 0.25) is 11.9 Å². The van der Waals surface area contributed by atoms with E-state index in [0.29, 0.717) is 11.0 Å². The van der Waals surface area contributed by atoms with E-state index in [2.05, 4.69) is 27.2 Å². The first-order valence-corrected chi connectivity index (χ1v) is 9.00. The molecule has 1 aromatic carbocycles. The van der Waals surface area contributed by atoms with Crippen molar-refractivity contribution in [3.05, 3.63) is 35.1 Å². The van der Waals surface area contributed by atoms with Gasteiger partial charge in [0, 0.05) is 21.7 Å². The largest absolute Gasteiger partial charge is 0.368 e. The van der Waals surface area contributed by atoms with Crippen molar-refractivity contribution in [3.63, 3.8) is 0 Å². The normalized spacial score (nSPS) is 12.9. The van der Waals surface area contributed by atoms with Crippen molar-refractivity contribution >= 4 is 35.3 Å². The van der Waals surface area contributed by atoms with Gasteiger partial charge in [0.25, 0.3) is 0 Å². The van der Waals surface area contributed by atoms with Crippen LogP contribution in [-0.2, 0) is 5.67 Å². The minimum Gasteiger partial charge on any atom is -0.368 e. The molecule has 130 valence electrons. The standard InChI is InChI=1S/C16H21ClFN5S/c1-4-11(9-24-12-7-5-6-10(17)8-12)20-15-22-13(16(2,3)18)21-14(19)23-15/h5-8,11H,4,9H2,1-3H3,(H3,19,20,21,22,23). The van der Waals surface area contributed by atoms with Crippen LogP contribution in [-0.4, -0.2) is 26.7 Å². The van der Waals surface area contributed by atoms with Crippen molar-refractivity contribution in [2.45, 2.75) is 43.8 Å². The molecule has 1 atom stereocenters. The first-order valence-electron chi connectivity index (χ1n) is 7.63. The maximum absolute atomic E-state index is 14.1. The van der Waals surface area contributed by atoms with Gasteiger partial charge in [-0.15, -0.1) is 11.8 Å². The van der Waals surface area contributed by atoms with Crippen LogP contribution in [0, 0.1) is 0 Å². The van der Waals surface area contributed by atoms with E-state index in [4.69, 9.17) is 17.3 Å². The fraction of sp³-hybridized carbons (Fsp3) is 0.438. The Bertz CT molecular complexity index is 692. The van der Waals surface area contributed by atoms with Gasteiger partial charge in [-0.3, -0.25) is 0 Å². The third-order valence-corrected chi connectivity index (χ3v) is 4.65. The molecule has 0 bridgehead atoms. The third-order valence-electron chi connectivity index (χ3n) is 3.26. The van der Waals surface area contributed by atoms with Gasteiger partial charge < -0.3 is 11.1 Å². The van der Waals surface area contributed by atoms with E-state index < -0.39 is 5.67 Å². The second-order valence-electron chi connectivity index (χ2n) is 5.83. The molecule has 3 N–H and O–H groups in total. The average Bonchev–Trinajstić information content (AvgIpc) is 2.50. The Labute approximate surface area is 150 Å². The van der Waals surface area contributed by atoms with E-state index in [1.165, 1.54) is 13.8 Å². The first kappa shape index (κ1) is 18.7. The highest BCUT2D eigenvalue weighted by Gasteiger charge is 2.24. The van der Waals surface area contributed by atoms with Crippen molar-refractivity contribution in [2.24, 2.45) is 0 Å². The van der Waals surface area contributed by atoms with Crippen LogP contribution in [0.25, 0.3) is 0 Å². The number of alkyl halides is 1. The summed E-state index contributed by atoms with van der Waals surface area (Å²) in [6, 6.07) is 7.79. The lowest BCUT2D eigenvalue weighted by atomic mass is 10.1. The molecule has 0 spiro atoms. The molecule has 8 heteroatoms. The number of thioether (sulfide) groups is 1. The van der Waals surface area contributed by atoms with Gasteiger partial charge in [-0.2, -0.15) is 15.0 Å². The molecule has 1 aromatic heterocycles. The van der Waals surface area contributed by atoms with Gasteiger partial charge >= 0.3 is 0 Å². The molecule has 2 rings (SSSR count).